The fourth-order valence-electron chi connectivity index (χ4n) is 7.97. The molecule has 0 unspecified atom stereocenters. The number of carbonyl (C=O) groups is 1. The van der Waals surface area contributed by atoms with E-state index in [2.05, 4.69) is 47.9 Å². The van der Waals surface area contributed by atoms with Crippen LogP contribution in [0.25, 0.3) is 11.3 Å². The van der Waals surface area contributed by atoms with E-state index in [-0.39, 0.29) is 12.0 Å². The summed E-state index contributed by atoms with van der Waals surface area (Å²) in [7, 11) is 1.63. The molecular weight excluding hydrogens is 554 g/mol. The minimum Gasteiger partial charge on any atom is -0.488 e. The molecule has 3 fully saturated rings. The smallest absolute Gasteiger partial charge is 0.312 e. The molecule has 3 atom stereocenters. The normalized spacial score (nSPS) is 25.0. The van der Waals surface area contributed by atoms with Crippen LogP contribution in [0, 0.1) is 25.2 Å². The lowest BCUT2D eigenvalue weighted by Crippen LogP contribution is -2.43. The minimum atomic E-state index is -0.735. The van der Waals surface area contributed by atoms with Crippen LogP contribution in [0.2, 0.25) is 0 Å². The van der Waals surface area contributed by atoms with Crippen LogP contribution < -0.4 is 9.64 Å². The molecule has 4 heterocycles. The fourth-order valence-corrected chi connectivity index (χ4v) is 7.97. The number of ether oxygens (including phenoxy) is 3. The zero-order valence-corrected chi connectivity index (χ0v) is 26.1. The first-order valence-electron chi connectivity index (χ1n) is 16.0. The molecule has 3 aliphatic heterocycles. The molecule has 1 N–H and O–H groups in total. The molecule has 0 radical (unpaired) electrons. The van der Waals surface area contributed by atoms with Crippen molar-refractivity contribution in [3.8, 4) is 17.0 Å². The number of aliphatic carboxylic acids is 1. The highest BCUT2D eigenvalue weighted by molar-refractivity contribution is 5.82. The maximum atomic E-state index is 12.2. The van der Waals surface area contributed by atoms with Gasteiger partial charge in [-0.05, 0) is 92.0 Å². The molecule has 0 spiro atoms. The van der Waals surface area contributed by atoms with Gasteiger partial charge in [0.25, 0.3) is 0 Å². The molecule has 2 saturated heterocycles. The number of carboxylic acids is 1. The summed E-state index contributed by atoms with van der Waals surface area (Å²) < 4.78 is 17.6. The molecular formula is C36H43N3O5. The van der Waals surface area contributed by atoms with Gasteiger partial charge in [0, 0.05) is 51.6 Å². The van der Waals surface area contributed by atoms with E-state index in [9.17, 15) is 9.90 Å². The number of carboxylic acid groups (broad SMARTS) is 1. The second-order valence-corrected chi connectivity index (χ2v) is 13.1. The Hall–Kier alpha value is -3.46. The van der Waals surface area contributed by atoms with E-state index in [1.54, 1.807) is 7.11 Å². The summed E-state index contributed by atoms with van der Waals surface area (Å²) >= 11 is 0. The molecule has 2 aromatic carbocycles. The summed E-state index contributed by atoms with van der Waals surface area (Å²) in [5.41, 5.74) is 7.62. The molecule has 8 nitrogen and oxygen atoms in total. The first kappa shape index (κ1) is 29.3. The zero-order chi connectivity index (χ0) is 30.4. The Balaban J connectivity index is 1.10. The molecule has 1 saturated carbocycles. The van der Waals surface area contributed by atoms with Gasteiger partial charge in [0.15, 0.2) is 0 Å². The number of benzene rings is 2. The molecule has 1 aromatic heterocycles. The molecule has 3 aromatic rings. The van der Waals surface area contributed by atoms with Crippen LogP contribution in [-0.4, -0.2) is 73.1 Å². The van der Waals surface area contributed by atoms with Crippen LogP contribution in [0.1, 0.15) is 47.1 Å². The standard InChI is InChI=1S/C36H43N3O5/c1-23-7-10-32(44-21-26-9-8-25-19-38(14-11-29(25)24(26)2)28-12-15-43-16-13-28)30(17-23)31-5-4-6-34(37-31)39-20-27-18-36(27,35(40)41)33(39)22-42-3/h4-10,17,27-28,33H,11-16,18-22H2,1-3H3,(H,40,41)/t27-,33+,36+/m0/s1. The SMILES string of the molecule is COC[C@H]1N(c2cccc(-c3cc(C)ccc3OCc3ccc4c(c3C)CCN(C3CCOCC3)C4)n2)C[C@@H]2C[C@@]21C(=O)O. The number of methoxy groups -OCH3 is 1. The van der Waals surface area contributed by atoms with Crippen LogP contribution in [0.15, 0.2) is 48.5 Å². The van der Waals surface area contributed by atoms with Crippen molar-refractivity contribution in [2.75, 3.05) is 44.9 Å². The molecule has 8 heteroatoms. The van der Waals surface area contributed by atoms with Gasteiger partial charge in [-0.3, -0.25) is 9.69 Å². The summed E-state index contributed by atoms with van der Waals surface area (Å²) in [5, 5.41) is 10.1. The highest BCUT2D eigenvalue weighted by Crippen LogP contribution is 2.62. The van der Waals surface area contributed by atoms with Gasteiger partial charge in [0.05, 0.1) is 23.8 Å². The third-order valence-corrected chi connectivity index (χ3v) is 10.6. The topological polar surface area (TPSA) is 84.4 Å². The largest absolute Gasteiger partial charge is 0.488 e. The number of fused-ring (bicyclic) bond motifs is 2. The number of aromatic nitrogens is 1. The maximum Gasteiger partial charge on any atom is 0.312 e. The second kappa shape index (κ2) is 11.8. The van der Waals surface area contributed by atoms with E-state index in [1.165, 1.54) is 22.3 Å². The van der Waals surface area contributed by atoms with E-state index in [0.29, 0.717) is 32.2 Å². The van der Waals surface area contributed by atoms with Gasteiger partial charge in [0.1, 0.15) is 18.2 Å². The molecule has 232 valence electrons. The fraction of sp³-hybridized carbons (Fsp3) is 0.500. The van der Waals surface area contributed by atoms with Gasteiger partial charge in [-0.15, -0.1) is 0 Å². The number of nitrogens with zero attached hydrogens (tertiary/aromatic N) is 3. The number of aryl methyl sites for hydroxylation is 1. The van der Waals surface area contributed by atoms with Gasteiger partial charge in [-0.1, -0.05) is 29.8 Å². The van der Waals surface area contributed by atoms with Gasteiger partial charge in [-0.25, -0.2) is 4.98 Å². The molecule has 7 rings (SSSR count). The average Bonchev–Trinajstić information content (AvgIpc) is 3.70. The molecule has 0 amide bonds. The second-order valence-electron chi connectivity index (χ2n) is 13.1. The average molecular weight is 598 g/mol. The third kappa shape index (κ3) is 5.17. The van der Waals surface area contributed by atoms with Gasteiger partial charge in [-0.2, -0.15) is 0 Å². The Kier molecular flexibility index (Phi) is 7.85. The summed E-state index contributed by atoms with van der Waals surface area (Å²) in [6.45, 7) is 9.72. The molecule has 0 bridgehead atoms. The third-order valence-electron chi connectivity index (χ3n) is 10.6. The first-order chi connectivity index (χ1) is 21.4. The van der Waals surface area contributed by atoms with Crippen molar-refractivity contribution in [3.05, 3.63) is 76.3 Å². The summed E-state index contributed by atoms with van der Waals surface area (Å²) in [5.74, 6) is 0.980. The number of hydrogen-bond donors (Lipinski definition) is 1. The van der Waals surface area contributed by atoms with E-state index >= 15 is 0 Å². The highest BCUT2D eigenvalue weighted by Gasteiger charge is 2.71. The lowest BCUT2D eigenvalue weighted by molar-refractivity contribution is -0.144. The van der Waals surface area contributed by atoms with Crippen LogP contribution in [0.5, 0.6) is 5.75 Å². The number of piperidine rings is 1. The van der Waals surface area contributed by atoms with Crippen molar-refractivity contribution in [3.63, 3.8) is 0 Å². The Morgan fingerprint density at radius 3 is 2.77 bits per heavy atom. The molecule has 44 heavy (non-hydrogen) atoms. The van der Waals surface area contributed by atoms with Crippen molar-refractivity contribution in [2.24, 2.45) is 11.3 Å². The van der Waals surface area contributed by atoms with Crippen LogP contribution in [-0.2, 0) is 33.8 Å². The molecule has 1 aliphatic carbocycles. The van der Waals surface area contributed by atoms with E-state index < -0.39 is 11.4 Å². The predicted molar refractivity (Wildman–Crippen MR) is 169 cm³/mol. The Morgan fingerprint density at radius 2 is 1.98 bits per heavy atom. The van der Waals surface area contributed by atoms with E-state index in [4.69, 9.17) is 19.2 Å². The maximum absolute atomic E-state index is 12.2. The Labute approximate surface area is 259 Å². The lowest BCUT2D eigenvalue weighted by Gasteiger charge is -2.38. The lowest BCUT2D eigenvalue weighted by atomic mass is 9.90. The quantitative estimate of drug-likeness (QED) is 0.351. The summed E-state index contributed by atoms with van der Waals surface area (Å²) in [6, 6.07) is 17.2. The van der Waals surface area contributed by atoms with Crippen LogP contribution in [0.4, 0.5) is 5.82 Å². The van der Waals surface area contributed by atoms with Crippen molar-refractivity contribution in [2.45, 2.75) is 64.8 Å². The van der Waals surface area contributed by atoms with Crippen molar-refractivity contribution in [1.82, 2.24) is 9.88 Å². The summed E-state index contributed by atoms with van der Waals surface area (Å²) in [4.78, 5) is 22.1. The van der Waals surface area contributed by atoms with Crippen molar-refractivity contribution in [1.29, 1.82) is 0 Å². The highest BCUT2D eigenvalue weighted by atomic mass is 16.5. The van der Waals surface area contributed by atoms with Gasteiger partial charge >= 0.3 is 5.97 Å². The van der Waals surface area contributed by atoms with E-state index in [0.717, 1.165) is 74.0 Å². The van der Waals surface area contributed by atoms with Gasteiger partial charge in [0.2, 0.25) is 0 Å². The first-order valence-corrected chi connectivity index (χ1v) is 16.0. The molecule has 4 aliphatic rings. The summed E-state index contributed by atoms with van der Waals surface area (Å²) in [6.07, 6.45) is 4.04. The minimum absolute atomic E-state index is 0.133. The Bertz CT molecular complexity index is 1550. The van der Waals surface area contributed by atoms with Crippen LogP contribution >= 0.6 is 0 Å². The zero-order valence-electron chi connectivity index (χ0n) is 26.1. The Morgan fingerprint density at radius 1 is 1.14 bits per heavy atom. The van der Waals surface area contributed by atoms with Gasteiger partial charge < -0.3 is 24.2 Å². The number of anilines is 1. The number of rotatable bonds is 9. The van der Waals surface area contributed by atoms with E-state index in [1.807, 2.05) is 24.3 Å². The number of hydrogen-bond acceptors (Lipinski definition) is 7. The monoisotopic (exact) mass is 597 g/mol. The van der Waals surface area contributed by atoms with Crippen molar-refractivity contribution >= 4 is 11.8 Å². The number of pyridine rings is 1. The van der Waals surface area contributed by atoms with Crippen molar-refractivity contribution < 1.29 is 24.1 Å². The predicted octanol–water partition coefficient (Wildman–Crippen LogP) is 5.41. The van der Waals surface area contributed by atoms with Crippen LogP contribution in [0.3, 0.4) is 0 Å².